The van der Waals surface area contributed by atoms with Crippen molar-refractivity contribution in [2.75, 3.05) is 0 Å². The van der Waals surface area contributed by atoms with Crippen molar-refractivity contribution >= 4 is 11.8 Å². The number of hydrogen-bond donors (Lipinski definition) is 1. The number of rotatable bonds is 1. The van der Waals surface area contributed by atoms with E-state index in [9.17, 15) is 14.7 Å². The quantitative estimate of drug-likeness (QED) is 0.584. The number of carbonyl (C=O) groups excluding carboxylic acids is 2. The van der Waals surface area contributed by atoms with Crippen molar-refractivity contribution in [3.05, 3.63) is 0 Å². The van der Waals surface area contributed by atoms with Crippen molar-refractivity contribution in [2.24, 2.45) is 0 Å². The van der Waals surface area contributed by atoms with Crippen LogP contribution >= 0.6 is 0 Å². The van der Waals surface area contributed by atoms with Crippen molar-refractivity contribution in [1.82, 2.24) is 4.90 Å². The van der Waals surface area contributed by atoms with Gasteiger partial charge in [-0.2, -0.15) is 0 Å². The Kier molecular flexibility index (Phi) is 2.07. The molecule has 2 fully saturated rings. The summed E-state index contributed by atoms with van der Waals surface area (Å²) >= 11 is 0. The Morgan fingerprint density at radius 3 is 2.23 bits per heavy atom. The maximum absolute atomic E-state index is 11.3. The Morgan fingerprint density at radius 1 is 1.15 bits per heavy atom. The summed E-state index contributed by atoms with van der Waals surface area (Å²) in [5.41, 5.74) is 0. The van der Waals surface area contributed by atoms with E-state index in [0.717, 1.165) is 12.8 Å². The number of likely N-dealkylation sites (tertiary alicyclic amines) is 1. The molecule has 0 aromatic rings. The van der Waals surface area contributed by atoms with E-state index in [4.69, 9.17) is 0 Å². The van der Waals surface area contributed by atoms with Crippen LogP contribution in [0, 0.1) is 0 Å². The molecule has 1 aliphatic carbocycles. The predicted octanol–water partition coefficient (Wildman–Crippen LogP) is 0.0488. The molecule has 1 aliphatic heterocycles. The van der Waals surface area contributed by atoms with Gasteiger partial charge < -0.3 is 5.11 Å². The Balaban J connectivity index is 2.14. The Hall–Kier alpha value is -0.900. The first kappa shape index (κ1) is 8.69. The van der Waals surface area contributed by atoms with Crippen LogP contribution in [0.3, 0.4) is 0 Å². The zero-order valence-electron chi connectivity index (χ0n) is 7.40. The molecule has 0 aromatic carbocycles. The zero-order chi connectivity index (χ0) is 9.42. The second-order valence-corrected chi connectivity index (χ2v) is 3.72. The smallest absolute Gasteiger partial charge is 0.230 e. The van der Waals surface area contributed by atoms with Gasteiger partial charge in [0.15, 0.2) is 0 Å². The van der Waals surface area contributed by atoms with E-state index in [-0.39, 0.29) is 17.9 Å². The molecule has 0 unspecified atom stereocenters. The van der Waals surface area contributed by atoms with E-state index in [2.05, 4.69) is 0 Å². The van der Waals surface area contributed by atoms with Gasteiger partial charge in [0.25, 0.3) is 0 Å². The summed E-state index contributed by atoms with van der Waals surface area (Å²) in [6.07, 6.45) is 2.53. The molecule has 2 atom stereocenters. The minimum absolute atomic E-state index is 0.115. The molecule has 0 bridgehead atoms. The normalized spacial score (nSPS) is 34.7. The van der Waals surface area contributed by atoms with E-state index in [1.54, 1.807) is 0 Å². The molecule has 72 valence electrons. The third-order valence-corrected chi connectivity index (χ3v) is 2.87. The maximum atomic E-state index is 11.3. The highest BCUT2D eigenvalue weighted by Crippen LogP contribution is 2.28. The fourth-order valence-corrected chi connectivity index (χ4v) is 2.19. The highest BCUT2D eigenvalue weighted by atomic mass is 16.3. The monoisotopic (exact) mass is 183 g/mol. The SMILES string of the molecule is O=C1CCC(=O)N1[C@H]1CCC[C@@H]1O. The molecule has 0 aromatic heterocycles. The van der Waals surface area contributed by atoms with Gasteiger partial charge in [-0.3, -0.25) is 14.5 Å². The average molecular weight is 183 g/mol. The third kappa shape index (κ3) is 1.35. The lowest BCUT2D eigenvalue weighted by atomic mass is 10.2. The molecule has 2 amide bonds. The molecule has 2 aliphatic rings. The summed E-state index contributed by atoms with van der Waals surface area (Å²) in [5, 5.41) is 9.54. The first-order valence-electron chi connectivity index (χ1n) is 4.73. The number of amides is 2. The van der Waals surface area contributed by atoms with Crippen LogP contribution in [0.25, 0.3) is 0 Å². The van der Waals surface area contributed by atoms with Crippen molar-refractivity contribution in [2.45, 2.75) is 44.2 Å². The number of aliphatic hydroxyl groups excluding tert-OH is 1. The third-order valence-electron chi connectivity index (χ3n) is 2.87. The summed E-state index contributed by atoms with van der Waals surface area (Å²) < 4.78 is 0. The summed E-state index contributed by atoms with van der Waals surface area (Å²) in [7, 11) is 0. The van der Waals surface area contributed by atoms with Crippen LogP contribution in [0.2, 0.25) is 0 Å². The van der Waals surface area contributed by atoms with E-state index in [1.807, 2.05) is 0 Å². The van der Waals surface area contributed by atoms with Gasteiger partial charge in [-0.05, 0) is 19.3 Å². The predicted molar refractivity (Wildman–Crippen MR) is 44.7 cm³/mol. The summed E-state index contributed by atoms with van der Waals surface area (Å²) in [4.78, 5) is 23.9. The summed E-state index contributed by atoms with van der Waals surface area (Å²) in [6.45, 7) is 0. The summed E-state index contributed by atoms with van der Waals surface area (Å²) in [5.74, 6) is -0.230. The molecular formula is C9H13NO3. The molecule has 4 nitrogen and oxygen atoms in total. The lowest BCUT2D eigenvalue weighted by Gasteiger charge is -2.24. The van der Waals surface area contributed by atoms with Crippen LogP contribution in [0.15, 0.2) is 0 Å². The van der Waals surface area contributed by atoms with E-state index in [0.29, 0.717) is 19.3 Å². The number of nitrogens with zero attached hydrogens (tertiary/aromatic N) is 1. The summed E-state index contributed by atoms with van der Waals surface area (Å²) in [6, 6.07) is -0.234. The van der Waals surface area contributed by atoms with Gasteiger partial charge in [0.2, 0.25) is 11.8 Å². The van der Waals surface area contributed by atoms with Crippen LogP contribution in [-0.2, 0) is 9.59 Å². The second-order valence-electron chi connectivity index (χ2n) is 3.72. The van der Waals surface area contributed by atoms with Crippen LogP contribution in [-0.4, -0.2) is 34.0 Å². The zero-order valence-corrected chi connectivity index (χ0v) is 7.40. The van der Waals surface area contributed by atoms with Gasteiger partial charge in [0.05, 0.1) is 12.1 Å². The largest absolute Gasteiger partial charge is 0.391 e. The van der Waals surface area contributed by atoms with Gasteiger partial charge in [0.1, 0.15) is 0 Å². The van der Waals surface area contributed by atoms with Crippen LogP contribution in [0.1, 0.15) is 32.1 Å². The standard InChI is InChI=1S/C9H13NO3/c11-7-3-1-2-6(7)10-8(12)4-5-9(10)13/h6-7,11H,1-5H2/t6-,7-/m0/s1. The molecule has 0 spiro atoms. The van der Waals surface area contributed by atoms with Crippen molar-refractivity contribution in [3.8, 4) is 0 Å². The van der Waals surface area contributed by atoms with E-state index < -0.39 is 6.10 Å². The number of aliphatic hydroxyl groups is 1. The first-order chi connectivity index (χ1) is 6.20. The van der Waals surface area contributed by atoms with Gasteiger partial charge in [-0.15, -0.1) is 0 Å². The molecule has 4 heteroatoms. The molecule has 2 rings (SSSR count). The van der Waals surface area contributed by atoms with Crippen molar-refractivity contribution in [1.29, 1.82) is 0 Å². The highest BCUT2D eigenvalue weighted by Gasteiger charge is 2.40. The molecule has 1 saturated heterocycles. The molecule has 1 heterocycles. The van der Waals surface area contributed by atoms with Crippen LogP contribution < -0.4 is 0 Å². The molecule has 1 N–H and O–H groups in total. The van der Waals surface area contributed by atoms with Gasteiger partial charge >= 0.3 is 0 Å². The Labute approximate surface area is 76.5 Å². The van der Waals surface area contributed by atoms with E-state index >= 15 is 0 Å². The lowest BCUT2D eigenvalue weighted by Crippen LogP contribution is -2.43. The highest BCUT2D eigenvalue weighted by molar-refractivity contribution is 6.02. The molecule has 13 heavy (non-hydrogen) atoms. The first-order valence-corrected chi connectivity index (χ1v) is 4.73. The van der Waals surface area contributed by atoms with Crippen molar-refractivity contribution < 1.29 is 14.7 Å². The number of imide groups is 1. The number of carbonyl (C=O) groups is 2. The Bertz CT molecular complexity index is 235. The minimum atomic E-state index is -0.494. The van der Waals surface area contributed by atoms with Crippen LogP contribution in [0.5, 0.6) is 0 Å². The Morgan fingerprint density at radius 2 is 1.77 bits per heavy atom. The molecule has 1 saturated carbocycles. The van der Waals surface area contributed by atoms with Gasteiger partial charge in [0, 0.05) is 12.8 Å². The van der Waals surface area contributed by atoms with Crippen LogP contribution in [0.4, 0.5) is 0 Å². The second kappa shape index (κ2) is 3.10. The van der Waals surface area contributed by atoms with Crippen molar-refractivity contribution in [3.63, 3.8) is 0 Å². The fourth-order valence-electron chi connectivity index (χ4n) is 2.19. The topological polar surface area (TPSA) is 57.6 Å². The molecular weight excluding hydrogens is 170 g/mol. The fraction of sp³-hybridized carbons (Fsp3) is 0.778. The van der Waals surface area contributed by atoms with E-state index in [1.165, 1.54) is 4.90 Å². The lowest BCUT2D eigenvalue weighted by molar-refractivity contribution is -0.143. The van der Waals surface area contributed by atoms with Gasteiger partial charge in [-0.1, -0.05) is 0 Å². The van der Waals surface area contributed by atoms with Gasteiger partial charge in [-0.25, -0.2) is 0 Å². The molecule has 0 radical (unpaired) electrons. The average Bonchev–Trinajstić information content (AvgIpc) is 2.60. The number of hydrogen-bond acceptors (Lipinski definition) is 3. The maximum Gasteiger partial charge on any atom is 0.230 e. The minimum Gasteiger partial charge on any atom is -0.391 e.